The fourth-order valence-electron chi connectivity index (χ4n) is 2.37. The predicted octanol–water partition coefficient (Wildman–Crippen LogP) is 2.77. The second kappa shape index (κ2) is 5.13. The molecule has 2 heteroatoms. The first-order valence-electron chi connectivity index (χ1n) is 5.82. The summed E-state index contributed by atoms with van der Waals surface area (Å²) in [5, 5.41) is 9.78. The molecule has 15 heavy (non-hydrogen) atoms. The first-order valence-corrected chi connectivity index (χ1v) is 5.82. The summed E-state index contributed by atoms with van der Waals surface area (Å²) in [5.74, 6) is 0.527. The summed E-state index contributed by atoms with van der Waals surface area (Å²) < 4.78 is 5.09. The smallest absolute Gasteiger partial charge is 0.0728 e. The third-order valence-electron chi connectivity index (χ3n) is 3.24. The molecule has 2 unspecified atom stereocenters. The summed E-state index contributed by atoms with van der Waals surface area (Å²) >= 11 is 0. The highest BCUT2D eigenvalue weighted by Crippen LogP contribution is 2.38. The van der Waals surface area contributed by atoms with Crippen LogP contribution < -0.4 is 0 Å². The first-order chi connectivity index (χ1) is 6.94. The number of rotatable bonds is 4. The molecule has 1 N–H and O–H groups in total. The van der Waals surface area contributed by atoms with Gasteiger partial charge in [0.2, 0.25) is 0 Å². The third kappa shape index (κ3) is 3.96. The van der Waals surface area contributed by atoms with E-state index in [1.165, 1.54) is 5.57 Å². The molecule has 0 aromatic rings. The maximum Gasteiger partial charge on any atom is 0.0728 e. The minimum atomic E-state index is -0.256. The fourth-order valence-corrected chi connectivity index (χ4v) is 2.37. The lowest BCUT2D eigenvalue weighted by atomic mass is 9.73. The minimum absolute atomic E-state index is 0.241. The van der Waals surface area contributed by atoms with Crippen molar-refractivity contribution in [1.82, 2.24) is 0 Å². The van der Waals surface area contributed by atoms with Crippen LogP contribution in [0.4, 0.5) is 0 Å². The molecule has 2 nitrogen and oxygen atoms in total. The molecule has 0 saturated carbocycles. The Morgan fingerprint density at radius 3 is 2.80 bits per heavy atom. The van der Waals surface area contributed by atoms with Gasteiger partial charge in [0.05, 0.1) is 6.10 Å². The molecule has 1 rings (SSSR count). The largest absolute Gasteiger partial charge is 0.389 e. The molecule has 0 bridgehead atoms. The molecule has 0 radical (unpaired) electrons. The number of hydrogen-bond donors (Lipinski definition) is 1. The number of aliphatic hydroxyl groups is 1. The maximum absolute atomic E-state index is 9.78. The minimum Gasteiger partial charge on any atom is -0.389 e. The van der Waals surface area contributed by atoms with Gasteiger partial charge in [0.15, 0.2) is 0 Å². The van der Waals surface area contributed by atoms with E-state index in [0.717, 1.165) is 25.9 Å². The fraction of sp³-hybridized carbons (Fsp3) is 0.846. The molecule has 0 spiro atoms. The second-order valence-corrected chi connectivity index (χ2v) is 5.54. The van der Waals surface area contributed by atoms with Crippen LogP contribution in [0.15, 0.2) is 11.6 Å². The van der Waals surface area contributed by atoms with Gasteiger partial charge in [-0.05, 0) is 30.6 Å². The van der Waals surface area contributed by atoms with Crippen LogP contribution in [-0.2, 0) is 4.74 Å². The molecule has 1 aliphatic carbocycles. The van der Waals surface area contributed by atoms with E-state index in [9.17, 15) is 5.11 Å². The quantitative estimate of drug-likeness (QED) is 0.726. The Labute approximate surface area is 93.3 Å². The van der Waals surface area contributed by atoms with E-state index in [1.54, 1.807) is 7.11 Å². The van der Waals surface area contributed by atoms with E-state index < -0.39 is 0 Å². The zero-order valence-corrected chi connectivity index (χ0v) is 10.4. The van der Waals surface area contributed by atoms with Gasteiger partial charge in [0, 0.05) is 13.7 Å². The van der Waals surface area contributed by atoms with Crippen LogP contribution in [0.25, 0.3) is 0 Å². The van der Waals surface area contributed by atoms with Gasteiger partial charge >= 0.3 is 0 Å². The lowest BCUT2D eigenvalue weighted by Crippen LogP contribution is -2.27. The van der Waals surface area contributed by atoms with Crippen LogP contribution in [0.1, 0.15) is 40.0 Å². The first kappa shape index (κ1) is 12.7. The Morgan fingerprint density at radius 1 is 1.60 bits per heavy atom. The summed E-state index contributed by atoms with van der Waals surface area (Å²) in [5.41, 5.74) is 1.64. The molecule has 0 aromatic heterocycles. The molecule has 88 valence electrons. The number of allylic oxidation sites excluding steroid dienone is 1. The molecule has 0 aliphatic heterocycles. The lowest BCUT2D eigenvalue weighted by Gasteiger charge is -2.34. The maximum atomic E-state index is 9.78. The van der Waals surface area contributed by atoms with Crippen LogP contribution in [-0.4, -0.2) is 24.9 Å². The van der Waals surface area contributed by atoms with Crippen molar-refractivity contribution < 1.29 is 9.84 Å². The monoisotopic (exact) mass is 212 g/mol. The van der Waals surface area contributed by atoms with E-state index in [-0.39, 0.29) is 11.5 Å². The highest BCUT2D eigenvalue weighted by Gasteiger charge is 2.29. The average Bonchev–Trinajstić information content (AvgIpc) is 2.10. The average molecular weight is 212 g/mol. The Morgan fingerprint density at radius 2 is 2.27 bits per heavy atom. The second-order valence-electron chi connectivity index (χ2n) is 5.54. The van der Waals surface area contributed by atoms with E-state index in [0.29, 0.717) is 5.92 Å². The Hall–Kier alpha value is -0.340. The van der Waals surface area contributed by atoms with E-state index in [4.69, 9.17) is 4.74 Å². The third-order valence-corrected chi connectivity index (χ3v) is 3.24. The molecule has 0 heterocycles. The number of aliphatic hydroxyl groups excluding tert-OH is 1. The van der Waals surface area contributed by atoms with Crippen LogP contribution in [0, 0.1) is 11.3 Å². The van der Waals surface area contributed by atoms with Gasteiger partial charge in [0.1, 0.15) is 0 Å². The molecular formula is C13H24O2. The molecular weight excluding hydrogens is 188 g/mol. The van der Waals surface area contributed by atoms with Crippen molar-refractivity contribution in [2.24, 2.45) is 11.3 Å². The molecule has 0 amide bonds. The summed E-state index contributed by atoms with van der Waals surface area (Å²) in [6, 6.07) is 0. The topological polar surface area (TPSA) is 29.5 Å². The van der Waals surface area contributed by atoms with Gasteiger partial charge in [0.25, 0.3) is 0 Å². The molecule has 0 fully saturated rings. The van der Waals surface area contributed by atoms with Gasteiger partial charge in [-0.15, -0.1) is 0 Å². The van der Waals surface area contributed by atoms with Crippen molar-refractivity contribution in [2.45, 2.75) is 46.1 Å². The summed E-state index contributed by atoms with van der Waals surface area (Å²) in [6.45, 7) is 7.48. The highest BCUT2D eigenvalue weighted by atomic mass is 16.5. The molecule has 0 saturated heterocycles. The van der Waals surface area contributed by atoms with Gasteiger partial charge in [-0.1, -0.05) is 32.4 Å². The van der Waals surface area contributed by atoms with Crippen LogP contribution >= 0.6 is 0 Å². The predicted molar refractivity (Wildman–Crippen MR) is 62.8 cm³/mol. The molecule has 0 aromatic carbocycles. The Kier molecular flexibility index (Phi) is 4.35. The number of methoxy groups -OCH3 is 1. The van der Waals surface area contributed by atoms with Crippen LogP contribution in [0.3, 0.4) is 0 Å². The Balaban J connectivity index is 2.60. The highest BCUT2D eigenvalue weighted by molar-refractivity contribution is 5.15. The van der Waals surface area contributed by atoms with Crippen LogP contribution in [0.2, 0.25) is 0 Å². The van der Waals surface area contributed by atoms with Crippen molar-refractivity contribution >= 4 is 0 Å². The normalized spacial score (nSPS) is 27.3. The van der Waals surface area contributed by atoms with E-state index in [2.05, 4.69) is 20.8 Å². The van der Waals surface area contributed by atoms with Gasteiger partial charge in [-0.3, -0.25) is 0 Å². The summed E-state index contributed by atoms with van der Waals surface area (Å²) in [4.78, 5) is 0. The van der Waals surface area contributed by atoms with Crippen molar-refractivity contribution in [3.63, 3.8) is 0 Å². The van der Waals surface area contributed by atoms with E-state index >= 15 is 0 Å². The van der Waals surface area contributed by atoms with Gasteiger partial charge in [-0.2, -0.15) is 0 Å². The zero-order valence-electron chi connectivity index (χ0n) is 10.4. The zero-order chi connectivity index (χ0) is 11.5. The van der Waals surface area contributed by atoms with Crippen LogP contribution in [0.5, 0.6) is 0 Å². The SMILES string of the molecule is COCCC(C)C1=CC(O)CC(C)(C)C1. The summed E-state index contributed by atoms with van der Waals surface area (Å²) in [7, 11) is 1.74. The van der Waals surface area contributed by atoms with Crippen molar-refractivity contribution in [1.29, 1.82) is 0 Å². The standard InChI is InChI=1S/C13H24O2/c1-10(5-6-15-4)11-7-12(14)9-13(2,3)8-11/h7,10,12,14H,5-6,8-9H2,1-4H3. The molecule has 1 aliphatic rings. The number of hydrogen-bond acceptors (Lipinski definition) is 2. The number of ether oxygens (including phenoxy) is 1. The molecule has 2 atom stereocenters. The van der Waals surface area contributed by atoms with Crippen molar-refractivity contribution in [2.75, 3.05) is 13.7 Å². The Bertz CT molecular complexity index is 231. The summed E-state index contributed by atoms with van der Waals surface area (Å²) in [6.07, 6.45) is 4.83. The lowest BCUT2D eigenvalue weighted by molar-refractivity contribution is 0.131. The van der Waals surface area contributed by atoms with Gasteiger partial charge < -0.3 is 9.84 Å². The van der Waals surface area contributed by atoms with Crippen molar-refractivity contribution in [3.8, 4) is 0 Å². The van der Waals surface area contributed by atoms with E-state index in [1.807, 2.05) is 6.08 Å². The van der Waals surface area contributed by atoms with Gasteiger partial charge in [-0.25, -0.2) is 0 Å². The van der Waals surface area contributed by atoms with Crippen molar-refractivity contribution in [3.05, 3.63) is 11.6 Å².